The molecule has 110 valence electrons. The Morgan fingerprint density at radius 1 is 1.55 bits per heavy atom. The van der Waals surface area contributed by atoms with Crippen molar-refractivity contribution >= 4 is 21.9 Å². The summed E-state index contributed by atoms with van der Waals surface area (Å²) in [6.45, 7) is 4.43. The number of aromatic nitrogens is 1. The number of ether oxygens (including phenoxy) is 1. The van der Waals surface area contributed by atoms with E-state index in [1.54, 1.807) is 6.20 Å². The number of hydrogen-bond acceptors (Lipinski definition) is 4. The molecule has 2 rings (SSSR count). The van der Waals surface area contributed by atoms with Crippen molar-refractivity contribution in [3.63, 3.8) is 0 Å². The monoisotopic (exact) mass is 342 g/mol. The van der Waals surface area contributed by atoms with Gasteiger partial charge in [0, 0.05) is 29.5 Å². The Morgan fingerprint density at radius 3 is 3.00 bits per heavy atom. The minimum absolute atomic E-state index is 0.0635. The largest absolute Gasteiger partial charge is 0.481 e. The molecule has 1 saturated heterocycles. The van der Waals surface area contributed by atoms with E-state index in [1.807, 2.05) is 12.3 Å². The van der Waals surface area contributed by atoms with Gasteiger partial charge in [-0.05, 0) is 40.5 Å². The first-order chi connectivity index (χ1) is 9.61. The molecule has 1 aromatic heterocycles. The average Bonchev–Trinajstić information content (AvgIpc) is 2.87. The van der Waals surface area contributed by atoms with Gasteiger partial charge < -0.3 is 9.84 Å². The van der Waals surface area contributed by atoms with E-state index in [0.717, 1.165) is 23.0 Å². The van der Waals surface area contributed by atoms with Crippen molar-refractivity contribution in [2.24, 2.45) is 5.92 Å². The lowest BCUT2D eigenvalue weighted by Gasteiger charge is -2.30. The van der Waals surface area contributed by atoms with E-state index in [9.17, 15) is 9.90 Å². The summed E-state index contributed by atoms with van der Waals surface area (Å²) in [7, 11) is 0. The summed E-state index contributed by atoms with van der Waals surface area (Å²) < 4.78 is 6.31. The molecule has 0 aromatic carbocycles. The average molecular weight is 343 g/mol. The SMILES string of the molecule is CCCN(Cc1cncc(Br)c1)C1COCC1C(=O)O. The Bertz CT molecular complexity index is 469. The van der Waals surface area contributed by atoms with Gasteiger partial charge in [0.25, 0.3) is 0 Å². The van der Waals surface area contributed by atoms with Gasteiger partial charge in [-0.2, -0.15) is 0 Å². The molecule has 2 atom stereocenters. The summed E-state index contributed by atoms with van der Waals surface area (Å²) in [4.78, 5) is 17.6. The van der Waals surface area contributed by atoms with E-state index in [2.05, 4.69) is 32.7 Å². The highest BCUT2D eigenvalue weighted by Crippen LogP contribution is 2.23. The third-order valence-electron chi connectivity index (χ3n) is 3.49. The summed E-state index contributed by atoms with van der Waals surface area (Å²) >= 11 is 3.41. The summed E-state index contributed by atoms with van der Waals surface area (Å²) in [5.74, 6) is -1.22. The summed E-state index contributed by atoms with van der Waals surface area (Å²) in [5.41, 5.74) is 1.07. The van der Waals surface area contributed by atoms with Crippen LogP contribution < -0.4 is 0 Å². The second-order valence-electron chi connectivity index (χ2n) is 5.03. The zero-order chi connectivity index (χ0) is 14.5. The molecule has 20 heavy (non-hydrogen) atoms. The second-order valence-corrected chi connectivity index (χ2v) is 5.95. The molecule has 1 aliphatic rings. The zero-order valence-corrected chi connectivity index (χ0v) is 13.0. The van der Waals surface area contributed by atoms with Crippen LogP contribution in [0, 0.1) is 5.92 Å². The van der Waals surface area contributed by atoms with Crippen molar-refractivity contribution < 1.29 is 14.6 Å². The molecule has 2 heterocycles. The maximum atomic E-state index is 11.3. The first-order valence-electron chi connectivity index (χ1n) is 6.75. The van der Waals surface area contributed by atoms with Gasteiger partial charge in [-0.25, -0.2) is 0 Å². The number of carboxylic acid groups (broad SMARTS) is 1. The Morgan fingerprint density at radius 2 is 2.35 bits per heavy atom. The number of carboxylic acids is 1. The van der Waals surface area contributed by atoms with Crippen LogP contribution in [0.25, 0.3) is 0 Å². The molecule has 5 nitrogen and oxygen atoms in total. The quantitative estimate of drug-likeness (QED) is 0.858. The van der Waals surface area contributed by atoms with E-state index in [0.29, 0.717) is 19.8 Å². The van der Waals surface area contributed by atoms with E-state index in [-0.39, 0.29) is 6.04 Å². The van der Waals surface area contributed by atoms with Crippen molar-refractivity contribution in [2.45, 2.75) is 25.9 Å². The van der Waals surface area contributed by atoms with Gasteiger partial charge in [-0.15, -0.1) is 0 Å². The first kappa shape index (κ1) is 15.4. The number of rotatable bonds is 6. The number of pyridine rings is 1. The van der Waals surface area contributed by atoms with Crippen molar-refractivity contribution in [1.29, 1.82) is 0 Å². The maximum absolute atomic E-state index is 11.3. The molecule has 0 spiro atoms. The van der Waals surface area contributed by atoms with Crippen LogP contribution in [0.3, 0.4) is 0 Å². The number of nitrogens with zero attached hydrogens (tertiary/aromatic N) is 2. The van der Waals surface area contributed by atoms with Crippen LogP contribution >= 0.6 is 15.9 Å². The molecule has 0 saturated carbocycles. The lowest BCUT2D eigenvalue weighted by molar-refractivity contribution is -0.143. The summed E-state index contributed by atoms with van der Waals surface area (Å²) in [6, 6.07) is 1.95. The predicted molar refractivity (Wildman–Crippen MR) is 78.4 cm³/mol. The third-order valence-corrected chi connectivity index (χ3v) is 3.93. The Kier molecular flexibility index (Phi) is 5.51. The fourth-order valence-corrected chi connectivity index (χ4v) is 2.98. The van der Waals surface area contributed by atoms with Crippen molar-refractivity contribution in [3.05, 3.63) is 28.5 Å². The number of carbonyl (C=O) groups is 1. The van der Waals surface area contributed by atoms with Gasteiger partial charge in [0.2, 0.25) is 0 Å². The van der Waals surface area contributed by atoms with Gasteiger partial charge in [-0.3, -0.25) is 14.7 Å². The lowest BCUT2D eigenvalue weighted by atomic mass is 10.0. The van der Waals surface area contributed by atoms with Crippen LogP contribution in [0.5, 0.6) is 0 Å². The molecule has 1 aliphatic heterocycles. The van der Waals surface area contributed by atoms with Crippen LogP contribution in [0.2, 0.25) is 0 Å². The second kappa shape index (κ2) is 7.15. The van der Waals surface area contributed by atoms with Crippen LogP contribution in [-0.4, -0.2) is 46.8 Å². The highest BCUT2D eigenvalue weighted by atomic mass is 79.9. The molecular weight excluding hydrogens is 324 g/mol. The number of halogens is 1. The predicted octanol–water partition coefficient (Wildman–Crippen LogP) is 2.16. The van der Waals surface area contributed by atoms with Gasteiger partial charge >= 0.3 is 5.97 Å². The standard InChI is InChI=1S/C14H19BrN2O3/c1-2-3-17(7-10-4-11(15)6-16-5-10)13-9-20-8-12(13)14(18)19/h4-6,12-13H,2-3,7-9H2,1H3,(H,18,19). The topological polar surface area (TPSA) is 62.7 Å². The van der Waals surface area contributed by atoms with Crippen LogP contribution in [0.4, 0.5) is 0 Å². The Balaban J connectivity index is 2.12. The fourth-order valence-electron chi connectivity index (χ4n) is 2.56. The van der Waals surface area contributed by atoms with Crippen molar-refractivity contribution in [1.82, 2.24) is 9.88 Å². The van der Waals surface area contributed by atoms with Gasteiger partial charge in [0.15, 0.2) is 0 Å². The molecule has 0 bridgehead atoms. The Labute approximate surface area is 127 Å². The lowest BCUT2D eigenvalue weighted by Crippen LogP contribution is -2.43. The smallest absolute Gasteiger partial charge is 0.310 e. The normalized spacial score (nSPS) is 22.4. The van der Waals surface area contributed by atoms with Gasteiger partial charge in [0.1, 0.15) is 0 Å². The molecule has 1 fully saturated rings. The highest BCUT2D eigenvalue weighted by Gasteiger charge is 2.37. The molecule has 1 aromatic rings. The van der Waals surface area contributed by atoms with E-state index in [4.69, 9.17) is 4.74 Å². The van der Waals surface area contributed by atoms with Crippen LogP contribution in [-0.2, 0) is 16.1 Å². The minimum Gasteiger partial charge on any atom is -0.481 e. The molecular formula is C14H19BrN2O3. The highest BCUT2D eigenvalue weighted by molar-refractivity contribution is 9.10. The maximum Gasteiger partial charge on any atom is 0.310 e. The molecule has 6 heteroatoms. The first-order valence-corrected chi connectivity index (χ1v) is 7.55. The summed E-state index contributed by atoms with van der Waals surface area (Å²) in [6.07, 6.45) is 4.54. The molecule has 0 radical (unpaired) electrons. The van der Waals surface area contributed by atoms with E-state index in [1.165, 1.54) is 0 Å². The van der Waals surface area contributed by atoms with Crippen LogP contribution in [0.15, 0.2) is 22.9 Å². The van der Waals surface area contributed by atoms with E-state index >= 15 is 0 Å². The van der Waals surface area contributed by atoms with Gasteiger partial charge in [0.05, 0.1) is 19.1 Å². The number of hydrogen-bond donors (Lipinski definition) is 1. The zero-order valence-electron chi connectivity index (χ0n) is 11.5. The number of aliphatic carboxylic acids is 1. The molecule has 1 N–H and O–H groups in total. The third kappa shape index (κ3) is 3.77. The molecule has 2 unspecified atom stereocenters. The van der Waals surface area contributed by atoms with Crippen molar-refractivity contribution in [3.8, 4) is 0 Å². The minimum atomic E-state index is -0.777. The van der Waals surface area contributed by atoms with Crippen LogP contribution in [0.1, 0.15) is 18.9 Å². The molecule has 0 amide bonds. The van der Waals surface area contributed by atoms with E-state index < -0.39 is 11.9 Å². The Hall–Kier alpha value is -0.980. The molecule has 0 aliphatic carbocycles. The van der Waals surface area contributed by atoms with Gasteiger partial charge in [-0.1, -0.05) is 6.92 Å². The fraction of sp³-hybridized carbons (Fsp3) is 0.571. The summed E-state index contributed by atoms with van der Waals surface area (Å²) in [5, 5.41) is 9.28. The van der Waals surface area contributed by atoms with Crippen molar-refractivity contribution in [2.75, 3.05) is 19.8 Å².